The molecule has 0 aliphatic heterocycles. The van der Waals surface area contributed by atoms with Gasteiger partial charge < -0.3 is 0 Å². The van der Waals surface area contributed by atoms with Crippen molar-refractivity contribution in [2.24, 2.45) is 0 Å². The third-order valence-corrected chi connectivity index (χ3v) is 1.25. The molecule has 9 heavy (non-hydrogen) atoms. The van der Waals surface area contributed by atoms with Gasteiger partial charge in [0.15, 0.2) is 0 Å². The molecule has 0 heterocycles. The van der Waals surface area contributed by atoms with Crippen molar-refractivity contribution < 1.29 is 0 Å². The lowest BCUT2D eigenvalue weighted by Gasteiger charge is -1.96. The predicted molar refractivity (Wildman–Crippen MR) is 43.5 cm³/mol. The number of hydrogen-bond acceptors (Lipinski definition) is 0. The molecule has 0 fully saturated rings. The van der Waals surface area contributed by atoms with Crippen molar-refractivity contribution >= 4 is 0 Å². The van der Waals surface area contributed by atoms with Crippen molar-refractivity contribution in [2.75, 3.05) is 0 Å². The summed E-state index contributed by atoms with van der Waals surface area (Å²) in [4.78, 5) is 0. The van der Waals surface area contributed by atoms with Gasteiger partial charge in [-0.1, -0.05) is 37.6 Å². The Bertz CT molecular complexity index is 98.6. The highest BCUT2D eigenvalue weighted by Crippen LogP contribution is 2.06. The van der Waals surface area contributed by atoms with Gasteiger partial charge in [-0.15, -0.1) is 0 Å². The van der Waals surface area contributed by atoms with Gasteiger partial charge in [0.05, 0.1) is 0 Å². The van der Waals surface area contributed by atoms with Crippen LogP contribution in [0, 0.1) is 0 Å². The van der Waals surface area contributed by atoms with E-state index in [1.54, 1.807) is 0 Å². The van der Waals surface area contributed by atoms with Crippen LogP contribution in [0.3, 0.4) is 0 Å². The van der Waals surface area contributed by atoms with Gasteiger partial charge in [-0.2, -0.15) is 0 Å². The molecule has 0 heteroatoms. The molecule has 0 saturated heterocycles. The minimum absolute atomic E-state index is 1.06. The molecule has 0 spiro atoms. The molecular formula is C9H16. The highest BCUT2D eigenvalue weighted by Gasteiger charge is 1.86. The van der Waals surface area contributed by atoms with E-state index in [0.717, 1.165) is 6.42 Å². The molecule has 0 aromatic rings. The topological polar surface area (TPSA) is 0 Å². The molecule has 0 N–H and O–H groups in total. The predicted octanol–water partition coefficient (Wildman–Crippen LogP) is 3.31. The number of allylic oxidation sites excluding steroid dienone is 3. The maximum Gasteiger partial charge on any atom is -0.0142 e. The van der Waals surface area contributed by atoms with E-state index >= 15 is 0 Å². The van der Waals surface area contributed by atoms with E-state index in [0.29, 0.717) is 0 Å². The summed E-state index contributed by atoms with van der Waals surface area (Å²) in [6.07, 6.45) is 7.67. The molecule has 0 aliphatic rings. The summed E-state index contributed by atoms with van der Waals surface area (Å²) in [7, 11) is 0. The minimum Gasteiger partial charge on any atom is -0.0995 e. The van der Waals surface area contributed by atoms with Gasteiger partial charge in [-0.3, -0.25) is 0 Å². The lowest BCUT2D eigenvalue weighted by Crippen LogP contribution is -1.76. The van der Waals surface area contributed by atoms with E-state index in [2.05, 4.69) is 25.7 Å². The Labute approximate surface area is 58.3 Å². The second-order valence-corrected chi connectivity index (χ2v) is 2.27. The second kappa shape index (κ2) is 5.61. The van der Waals surface area contributed by atoms with Crippen LogP contribution in [0.5, 0.6) is 0 Å². The molecule has 0 aliphatic carbocycles. The maximum atomic E-state index is 3.93. The molecule has 0 unspecified atom stereocenters. The highest BCUT2D eigenvalue weighted by molar-refractivity contribution is 5.00. The fourth-order valence-corrected chi connectivity index (χ4v) is 0.740. The summed E-state index contributed by atoms with van der Waals surface area (Å²) >= 11 is 0. The molecule has 0 radical (unpaired) electrons. The third kappa shape index (κ3) is 5.35. The van der Waals surface area contributed by atoms with Crippen LogP contribution in [0.25, 0.3) is 0 Å². The van der Waals surface area contributed by atoms with Gasteiger partial charge in [-0.05, 0) is 19.8 Å². The zero-order valence-electron chi connectivity index (χ0n) is 6.48. The zero-order chi connectivity index (χ0) is 7.11. The van der Waals surface area contributed by atoms with E-state index < -0.39 is 0 Å². The Morgan fingerprint density at radius 2 is 2.22 bits per heavy atom. The normalized spacial score (nSPS) is 10.4. The maximum absolute atomic E-state index is 3.93. The Balaban J connectivity index is 3.27. The van der Waals surface area contributed by atoms with Gasteiger partial charge in [0.1, 0.15) is 0 Å². The Morgan fingerprint density at radius 1 is 1.56 bits per heavy atom. The fourth-order valence-electron chi connectivity index (χ4n) is 0.740. The standard InChI is InChI=1S/C9H16/c1-4-6-8-9(3)7-5-2/h4,6H,3,5,7-8H2,1-2H3/b6-4+. The first kappa shape index (κ1) is 8.48. The smallest absolute Gasteiger partial charge is 0.0142 e. The van der Waals surface area contributed by atoms with Gasteiger partial charge >= 0.3 is 0 Å². The molecule has 0 atom stereocenters. The summed E-state index contributed by atoms with van der Waals surface area (Å²) in [5, 5.41) is 0. The van der Waals surface area contributed by atoms with E-state index in [1.807, 2.05) is 6.92 Å². The summed E-state index contributed by atoms with van der Waals surface area (Å²) in [5.74, 6) is 0. The Hall–Kier alpha value is -0.520. The molecule has 0 nitrogen and oxygen atoms in total. The van der Waals surface area contributed by atoms with Crippen LogP contribution in [-0.2, 0) is 0 Å². The van der Waals surface area contributed by atoms with Crippen LogP contribution >= 0.6 is 0 Å². The van der Waals surface area contributed by atoms with Crippen LogP contribution in [0.4, 0.5) is 0 Å². The number of hydrogen-bond donors (Lipinski definition) is 0. The fraction of sp³-hybridized carbons (Fsp3) is 0.556. The van der Waals surface area contributed by atoms with Crippen LogP contribution < -0.4 is 0 Å². The van der Waals surface area contributed by atoms with Crippen molar-refractivity contribution in [1.82, 2.24) is 0 Å². The molecule has 52 valence electrons. The molecular weight excluding hydrogens is 108 g/mol. The van der Waals surface area contributed by atoms with Crippen molar-refractivity contribution in [3.05, 3.63) is 24.3 Å². The van der Waals surface area contributed by atoms with Crippen molar-refractivity contribution in [3.8, 4) is 0 Å². The summed E-state index contributed by atoms with van der Waals surface area (Å²) in [5.41, 5.74) is 1.34. The average Bonchev–Trinajstić information content (AvgIpc) is 1.85. The molecule has 0 aromatic carbocycles. The molecule has 0 rings (SSSR count). The van der Waals surface area contributed by atoms with E-state index in [1.165, 1.54) is 18.4 Å². The van der Waals surface area contributed by atoms with Gasteiger partial charge in [0.2, 0.25) is 0 Å². The second-order valence-electron chi connectivity index (χ2n) is 2.27. The largest absolute Gasteiger partial charge is 0.0995 e. The van der Waals surface area contributed by atoms with Crippen LogP contribution in [0.15, 0.2) is 24.3 Å². The zero-order valence-corrected chi connectivity index (χ0v) is 6.48. The van der Waals surface area contributed by atoms with E-state index in [-0.39, 0.29) is 0 Å². The quantitative estimate of drug-likeness (QED) is 0.504. The monoisotopic (exact) mass is 124 g/mol. The van der Waals surface area contributed by atoms with E-state index in [9.17, 15) is 0 Å². The van der Waals surface area contributed by atoms with Gasteiger partial charge in [0.25, 0.3) is 0 Å². The van der Waals surface area contributed by atoms with Crippen LogP contribution in [0.1, 0.15) is 33.1 Å². The van der Waals surface area contributed by atoms with Crippen molar-refractivity contribution in [2.45, 2.75) is 33.1 Å². The lowest BCUT2D eigenvalue weighted by molar-refractivity contribution is 0.884. The van der Waals surface area contributed by atoms with Crippen molar-refractivity contribution in [1.29, 1.82) is 0 Å². The summed E-state index contributed by atoms with van der Waals surface area (Å²) < 4.78 is 0. The molecule has 0 saturated carbocycles. The Kier molecular flexibility index (Phi) is 5.29. The highest BCUT2D eigenvalue weighted by atomic mass is 13.9. The minimum atomic E-state index is 1.06. The number of rotatable bonds is 4. The third-order valence-electron chi connectivity index (χ3n) is 1.25. The van der Waals surface area contributed by atoms with Gasteiger partial charge in [-0.25, -0.2) is 0 Å². The first-order valence-electron chi connectivity index (χ1n) is 3.59. The summed E-state index contributed by atoms with van der Waals surface area (Å²) in [6.45, 7) is 8.15. The first-order valence-corrected chi connectivity index (χ1v) is 3.59. The van der Waals surface area contributed by atoms with Crippen LogP contribution in [0.2, 0.25) is 0 Å². The lowest BCUT2D eigenvalue weighted by atomic mass is 10.1. The molecule has 0 aromatic heterocycles. The van der Waals surface area contributed by atoms with Crippen LogP contribution in [-0.4, -0.2) is 0 Å². The molecule has 0 amide bonds. The average molecular weight is 124 g/mol. The Morgan fingerprint density at radius 3 is 2.67 bits per heavy atom. The van der Waals surface area contributed by atoms with Gasteiger partial charge in [0, 0.05) is 0 Å². The molecule has 0 bridgehead atoms. The summed E-state index contributed by atoms with van der Waals surface area (Å²) in [6, 6.07) is 0. The SMILES string of the molecule is C=C(C/C=C/C)CCC. The van der Waals surface area contributed by atoms with E-state index in [4.69, 9.17) is 0 Å². The first-order chi connectivity index (χ1) is 4.31. The van der Waals surface area contributed by atoms with Crippen molar-refractivity contribution in [3.63, 3.8) is 0 Å².